The van der Waals surface area contributed by atoms with Gasteiger partial charge in [-0.15, -0.1) is 0 Å². The Labute approximate surface area is 173 Å². The van der Waals surface area contributed by atoms with Crippen molar-refractivity contribution in [3.63, 3.8) is 0 Å². The zero-order valence-electron chi connectivity index (χ0n) is 16.2. The number of hydrogen-bond acceptors (Lipinski definition) is 6. The highest BCUT2D eigenvalue weighted by Gasteiger charge is 2.25. The number of nitrogens with one attached hydrogen (secondary N) is 2. The van der Waals surface area contributed by atoms with E-state index in [1.807, 2.05) is 16.8 Å². The molecule has 2 amide bonds. The number of rotatable bonds is 6. The van der Waals surface area contributed by atoms with Crippen molar-refractivity contribution in [3.8, 4) is 0 Å². The number of amides is 2. The summed E-state index contributed by atoms with van der Waals surface area (Å²) in [4.78, 5) is 24.4. The average Bonchev–Trinajstić information content (AvgIpc) is 3.21. The summed E-state index contributed by atoms with van der Waals surface area (Å²) in [6.45, 7) is 0.552. The molecule has 0 aliphatic carbocycles. The molecule has 2 N–H and O–H groups in total. The number of hydrogen-bond donors (Lipinski definition) is 2. The predicted octanol–water partition coefficient (Wildman–Crippen LogP) is 1.90. The molecular formula is C19H23N3O5S2. The molecule has 2 heterocycles. The van der Waals surface area contributed by atoms with Crippen LogP contribution < -0.4 is 14.9 Å². The first-order valence-corrected chi connectivity index (χ1v) is 11.8. The number of methoxy groups -OCH3 is 1. The van der Waals surface area contributed by atoms with Gasteiger partial charge in [0.2, 0.25) is 10.0 Å². The fourth-order valence-corrected chi connectivity index (χ4v) is 4.90. The molecule has 2 aromatic rings. The third-order valence-corrected chi connectivity index (χ3v) is 6.55. The normalized spacial score (nSPS) is 14.8. The van der Waals surface area contributed by atoms with Gasteiger partial charge in [-0.1, -0.05) is 6.07 Å². The molecule has 29 heavy (non-hydrogen) atoms. The van der Waals surface area contributed by atoms with E-state index in [0.29, 0.717) is 17.9 Å². The SMILES string of the molecule is COC(CNC(=O)C(=O)Nc1ccc2c(c1)N(S(C)(=O)=O)CCC2)c1ccsc1. The Bertz CT molecular complexity index is 989. The van der Waals surface area contributed by atoms with Gasteiger partial charge >= 0.3 is 11.8 Å². The minimum atomic E-state index is -3.42. The maximum Gasteiger partial charge on any atom is 0.313 e. The van der Waals surface area contributed by atoms with Crippen LogP contribution in [0.15, 0.2) is 35.0 Å². The van der Waals surface area contributed by atoms with Crippen LogP contribution >= 0.6 is 11.3 Å². The van der Waals surface area contributed by atoms with E-state index < -0.39 is 21.8 Å². The lowest BCUT2D eigenvalue weighted by molar-refractivity contribution is -0.136. The number of fused-ring (bicyclic) bond motifs is 1. The summed E-state index contributed by atoms with van der Waals surface area (Å²) in [6.07, 6.45) is 2.31. The molecule has 0 saturated carbocycles. The Morgan fingerprint density at radius 1 is 1.28 bits per heavy atom. The first kappa shape index (κ1) is 21.3. The molecule has 1 aliphatic rings. The Balaban J connectivity index is 1.65. The fourth-order valence-electron chi connectivity index (χ4n) is 3.21. The van der Waals surface area contributed by atoms with Crippen LogP contribution in [0.2, 0.25) is 0 Å². The molecule has 156 valence electrons. The van der Waals surface area contributed by atoms with Gasteiger partial charge in [0, 0.05) is 25.9 Å². The van der Waals surface area contributed by atoms with Crippen molar-refractivity contribution in [3.05, 3.63) is 46.2 Å². The standard InChI is InChI=1S/C19H23N3O5S2/c1-27-17(14-7-9-28-12-14)11-20-18(23)19(24)21-15-6-5-13-4-3-8-22(16(13)10-15)29(2,25)26/h5-7,9-10,12,17H,3-4,8,11H2,1-2H3,(H,20,23)(H,21,24). The van der Waals surface area contributed by atoms with E-state index >= 15 is 0 Å². The van der Waals surface area contributed by atoms with Gasteiger partial charge in [0.25, 0.3) is 0 Å². The largest absolute Gasteiger partial charge is 0.375 e. The summed E-state index contributed by atoms with van der Waals surface area (Å²) >= 11 is 1.52. The highest BCUT2D eigenvalue weighted by atomic mass is 32.2. The summed E-state index contributed by atoms with van der Waals surface area (Å²) < 4.78 is 30.7. The van der Waals surface area contributed by atoms with Crippen LogP contribution in [-0.2, 0) is 30.8 Å². The molecule has 1 aromatic carbocycles. The van der Waals surface area contributed by atoms with E-state index in [2.05, 4.69) is 10.6 Å². The third-order valence-electron chi connectivity index (χ3n) is 4.67. The highest BCUT2D eigenvalue weighted by Crippen LogP contribution is 2.31. The minimum Gasteiger partial charge on any atom is -0.375 e. The Morgan fingerprint density at radius 2 is 2.07 bits per heavy atom. The number of ether oxygens (including phenoxy) is 1. The minimum absolute atomic E-state index is 0.158. The second kappa shape index (κ2) is 8.93. The molecule has 0 spiro atoms. The van der Waals surface area contributed by atoms with E-state index in [-0.39, 0.29) is 12.6 Å². The second-order valence-electron chi connectivity index (χ2n) is 6.73. The van der Waals surface area contributed by atoms with Crippen LogP contribution in [0.25, 0.3) is 0 Å². The number of nitrogens with zero attached hydrogens (tertiary/aromatic N) is 1. The quantitative estimate of drug-likeness (QED) is 0.672. The van der Waals surface area contributed by atoms with Gasteiger partial charge in [0.15, 0.2) is 0 Å². The molecule has 0 radical (unpaired) electrons. The predicted molar refractivity (Wildman–Crippen MR) is 113 cm³/mol. The average molecular weight is 438 g/mol. The van der Waals surface area contributed by atoms with Crippen molar-refractivity contribution in [1.29, 1.82) is 0 Å². The molecule has 1 unspecified atom stereocenters. The van der Waals surface area contributed by atoms with Crippen LogP contribution in [-0.4, -0.2) is 46.7 Å². The van der Waals surface area contributed by atoms with E-state index in [1.165, 1.54) is 22.8 Å². The smallest absolute Gasteiger partial charge is 0.313 e. The molecule has 10 heteroatoms. The van der Waals surface area contributed by atoms with Crippen LogP contribution in [0.3, 0.4) is 0 Å². The van der Waals surface area contributed by atoms with Crippen LogP contribution in [0.4, 0.5) is 11.4 Å². The maximum atomic E-state index is 12.3. The van der Waals surface area contributed by atoms with Crippen molar-refractivity contribution in [1.82, 2.24) is 5.32 Å². The number of anilines is 2. The van der Waals surface area contributed by atoms with Crippen LogP contribution in [0, 0.1) is 0 Å². The molecular weight excluding hydrogens is 414 g/mol. The first-order chi connectivity index (χ1) is 13.8. The van der Waals surface area contributed by atoms with Gasteiger partial charge in [-0.2, -0.15) is 11.3 Å². The number of aryl methyl sites for hydroxylation is 1. The lowest BCUT2D eigenvalue weighted by Gasteiger charge is -2.29. The van der Waals surface area contributed by atoms with Crippen molar-refractivity contribution >= 4 is 44.5 Å². The molecule has 8 nitrogen and oxygen atoms in total. The molecule has 0 saturated heterocycles. The molecule has 1 atom stereocenters. The lowest BCUT2D eigenvalue weighted by Crippen LogP contribution is -2.38. The first-order valence-electron chi connectivity index (χ1n) is 9.04. The van der Waals surface area contributed by atoms with Crippen LogP contribution in [0.1, 0.15) is 23.7 Å². The Morgan fingerprint density at radius 3 is 2.72 bits per heavy atom. The van der Waals surface area contributed by atoms with Crippen LogP contribution in [0.5, 0.6) is 0 Å². The van der Waals surface area contributed by atoms with Gasteiger partial charge in [-0.05, 0) is 52.9 Å². The van der Waals surface area contributed by atoms with Gasteiger partial charge in [0.1, 0.15) is 6.10 Å². The topological polar surface area (TPSA) is 105 Å². The third kappa shape index (κ3) is 5.14. The monoisotopic (exact) mass is 437 g/mol. The van der Waals surface area contributed by atoms with E-state index in [0.717, 1.165) is 30.2 Å². The van der Waals surface area contributed by atoms with Crippen molar-refractivity contribution in [2.45, 2.75) is 18.9 Å². The van der Waals surface area contributed by atoms with E-state index in [4.69, 9.17) is 4.74 Å². The number of carbonyl (C=O) groups is 2. The van der Waals surface area contributed by atoms with Crippen molar-refractivity contribution in [2.24, 2.45) is 0 Å². The Hall–Kier alpha value is -2.43. The highest BCUT2D eigenvalue weighted by molar-refractivity contribution is 7.92. The van der Waals surface area contributed by atoms with Gasteiger partial charge in [-0.25, -0.2) is 8.42 Å². The summed E-state index contributed by atoms with van der Waals surface area (Å²) in [6, 6.07) is 6.92. The molecule has 0 fully saturated rings. The number of carbonyl (C=O) groups excluding carboxylic acids is 2. The van der Waals surface area contributed by atoms with E-state index in [1.54, 1.807) is 18.2 Å². The lowest BCUT2D eigenvalue weighted by atomic mass is 10.0. The van der Waals surface area contributed by atoms with Gasteiger partial charge < -0.3 is 15.4 Å². The number of thiophene rings is 1. The van der Waals surface area contributed by atoms with Crippen molar-refractivity contribution < 1.29 is 22.7 Å². The summed E-state index contributed by atoms with van der Waals surface area (Å²) in [5.74, 6) is -1.62. The molecule has 0 bridgehead atoms. The summed E-state index contributed by atoms with van der Waals surface area (Å²) in [7, 11) is -1.88. The zero-order chi connectivity index (χ0) is 21.0. The second-order valence-corrected chi connectivity index (χ2v) is 9.41. The molecule has 1 aromatic heterocycles. The van der Waals surface area contributed by atoms with Gasteiger partial charge in [0.05, 0.1) is 11.9 Å². The fraction of sp³-hybridized carbons (Fsp3) is 0.368. The number of sulfonamides is 1. The molecule has 3 rings (SSSR count). The molecule has 1 aliphatic heterocycles. The van der Waals surface area contributed by atoms with E-state index in [9.17, 15) is 18.0 Å². The zero-order valence-corrected chi connectivity index (χ0v) is 17.8. The summed E-state index contributed by atoms with van der Waals surface area (Å²) in [5.41, 5.74) is 2.71. The maximum absolute atomic E-state index is 12.3. The Kier molecular flexibility index (Phi) is 6.56. The van der Waals surface area contributed by atoms with Crippen molar-refractivity contribution in [2.75, 3.05) is 36.1 Å². The number of benzene rings is 1. The van der Waals surface area contributed by atoms with Gasteiger partial charge in [-0.3, -0.25) is 13.9 Å². The summed E-state index contributed by atoms with van der Waals surface area (Å²) in [5, 5.41) is 8.91.